The van der Waals surface area contributed by atoms with E-state index in [2.05, 4.69) is 5.32 Å². The molecule has 0 radical (unpaired) electrons. The maximum atomic E-state index is 11.5. The molecule has 2 nitrogen and oxygen atoms in total. The quantitative estimate of drug-likeness (QED) is 0.895. The van der Waals surface area contributed by atoms with Crippen molar-refractivity contribution >= 4 is 23.2 Å². The van der Waals surface area contributed by atoms with Crippen LogP contribution in [0.15, 0.2) is 48.5 Å². The van der Waals surface area contributed by atoms with Gasteiger partial charge < -0.3 is 10.4 Å². The van der Waals surface area contributed by atoms with Crippen molar-refractivity contribution < 1.29 is 10.4 Å². The lowest BCUT2D eigenvalue weighted by Crippen LogP contribution is -2.90. The smallest absolute Gasteiger partial charge is 0.166 e. The molecule has 1 aliphatic heterocycles. The number of halogens is 2. The topological polar surface area (TPSA) is 36.8 Å². The molecule has 1 aliphatic rings. The van der Waals surface area contributed by atoms with Crippen molar-refractivity contribution in [3.63, 3.8) is 0 Å². The zero-order valence-corrected chi connectivity index (χ0v) is 13.1. The molecule has 0 saturated carbocycles. The molecule has 110 valence electrons. The first-order chi connectivity index (χ1) is 10.1. The van der Waals surface area contributed by atoms with Gasteiger partial charge in [-0.1, -0.05) is 47.5 Å². The van der Waals surface area contributed by atoms with Crippen LogP contribution in [-0.2, 0) is 5.60 Å². The molecule has 2 aromatic rings. The van der Waals surface area contributed by atoms with Crippen LogP contribution in [0.1, 0.15) is 24.0 Å². The molecule has 3 N–H and O–H groups in total. The predicted molar refractivity (Wildman–Crippen MR) is 85.7 cm³/mol. The average molecular weight is 323 g/mol. The first kappa shape index (κ1) is 14.9. The molecular formula is C17H18Cl2NO+. The van der Waals surface area contributed by atoms with Gasteiger partial charge in [0.15, 0.2) is 5.60 Å². The highest BCUT2D eigenvalue weighted by Crippen LogP contribution is 2.35. The van der Waals surface area contributed by atoms with Crippen molar-refractivity contribution in [3.05, 3.63) is 69.7 Å². The standard InChI is InChI=1S/C17H17Cl2NO/c18-14-7-3-12(4-8-14)17(21,16-2-1-11-20-16)13-5-9-15(19)10-6-13/h3-10,16,20-21H,1-2,11H2/p+1/t16-/m1/s1. The van der Waals surface area contributed by atoms with Gasteiger partial charge in [-0.05, 0) is 35.4 Å². The second kappa shape index (κ2) is 5.98. The summed E-state index contributed by atoms with van der Waals surface area (Å²) < 4.78 is 0. The highest BCUT2D eigenvalue weighted by molar-refractivity contribution is 6.30. The molecule has 0 aliphatic carbocycles. The third-order valence-electron chi connectivity index (χ3n) is 4.28. The van der Waals surface area contributed by atoms with E-state index in [9.17, 15) is 5.11 Å². The molecule has 0 bridgehead atoms. The summed E-state index contributed by atoms with van der Waals surface area (Å²) in [6.07, 6.45) is 2.11. The molecule has 0 amide bonds. The minimum absolute atomic E-state index is 0.111. The fourth-order valence-electron chi connectivity index (χ4n) is 3.16. The Morgan fingerprint density at radius 3 is 1.76 bits per heavy atom. The van der Waals surface area contributed by atoms with Crippen molar-refractivity contribution in [1.29, 1.82) is 0 Å². The van der Waals surface area contributed by atoms with Crippen molar-refractivity contribution in [2.24, 2.45) is 0 Å². The number of hydrogen-bond donors (Lipinski definition) is 2. The van der Waals surface area contributed by atoms with Crippen molar-refractivity contribution in [2.45, 2.75) is 24.5 Å². The van der Waals surface area contributed by atoms with Crippen LogP contribution in [0.3, 0.4) is 0 Å². The fraction of sp³-hybridized carbons (Fsp3) is 0.294. The van der Waals surface area contributed by atoms with Gasteiger partial charge in [-0.3, -0.25) is 0 Å². The van der Waals surface area contributed by atoms with E-state index in [0.717, 1.165) is 30.5 Å². The Morgan fingerprint density at radius 1 is 0.905 bits per heavy atom. The van der Waals surface area contributed by atoms with Gasteiger partial charge in [-0.2, -0.15) is 0 Å². The van der Waals surface area contributed by atoms with Crippen LogP contribution >= 0.6 is 23.2 Å². The molecule has 3 rings (SSSR count). The summed E-state index contributed by atoms with van der Waals surface area (Å²) in [6.45, 7) is 1.05. The summed E-state index contributed by atoms with van der Waals surface area (Å²) in [7, 11) is 0. The SMILES string of the molecule is OC(c1ccc(Cl)cc1)(c1ccc(Cl)cc1)[C@H]1CCC[NH2+]1. The van der Waals surface area contributed by atoms with E-state index in [1.807, 2.05) is 48.5 Å². The van der Waals surface area contributed by atoms with Crippen LogP contribution in [0.5, 0.6) is 0 Å². The van der Waals surface area contributed by atoms with E-state index in [1.54, 1.807) is 0 Å². The Balaban J connectivity index is 2.09. The average Bonchev–Trinajstić information content (AvgIpc) is 3.02. The molecule has 0 spiro atoms. The number of nitrogens with two attached hydrogens (primary N) is 1. The van der Waals surface area contributed by atoms with Gasteiger partial charge in [0.2, 0.25) is 0 Å². The number of quaternary nitrogens is 1. The first-order valence-corrected chi connectivity index (χ1v) is 7.94. The summed E-state index contributed by atoms with van der Waals surface area (Å²) >= 11 is 12.0. The van der Waals surface area contributed by atoms with Gasteiger partial charge in [0.05, 0.1) is 6.54 Å². The third kappa shape index (κ3) is 2.82. The summed E-state index contributed by atoms with van der Waals surface area (Å²) in [5.74, 6) is 0. The third-order valence-corrected chi connectivity index (χ3v) is 4.78. The molecule has 1 atom stereocenters. The Labute approximate surface area is 134 Å². The van der Waals surface area contributed by atoms with Gasteiger partial charge in [-0.15, -0.1) is 0 Å². The van der Waals surface area contributed by atoms with E-state index in [1.165, 1.54) is 0 Å². The van der Waals surface area contributed by atoms with Crippen molar-refractivity contribution in [3.8, 4) is 0 Å². The van der Waals surface area contributed by atoms with Gasteiger partial charge >= 0.3 is 0 Å². The Morgan fingerprint density at radius 2 is 1.38 bits per heavy atom. The second-order valence-corrected chi connectivity index (χ2v) is 6.43. The first-order valence-electron chi connectivity index (χ1n) is 7.18. The zero-order valence-electron chi connectivity index (χ0n) is 11.6. The summed E-state index contributed by atoms with van der Waals surface area (Å²) in [5, 5.41) is 15.1. The van der Waals surface area contributed by atoms with E-state index < -0.39 is 5.60 Å². The number of hydrogen-bond acceptors (Lipinski definition) is 1. The lowest BCUT2D eigenvalue weighted by Gasteiger charge is -2.33. The minimum Gasteiger partial charge on any atom is -0.374 e. The molecular weight excluding hydrogens is 305 g/mol. The molecule has 1 heterocycles. The lowest BCUT2D eigenvalue weighted by atomic mass is 9.79. The van der Waals surface area contributed by atoms with Gasteiger partial charge in [0.1, 0.15) is 6.04 Å². The Kier molecular flexibility index (Phi) is 4.23. The summed E-state index contributed by atoms with van der Waals surface area (Å²) in [5.41, 5.74) is 0.723. The number of rotatable bonds is 3. The minimum atomic E-state index is -1.02. The molecule has 1 fully saturated rings. The zero-order chi connectivity index (χ0) is 14.9. The van der Waals surface area contributed by atoms with E-state index in [-0.39, 0.29) is 6.04 Å². The summed E-state index contributed by atoms with van der Waals surface area (Å²) in [4.78, 5) is 0. The van der Waals surface area contributed by atoms with Crippen molar-refractivity contribution in [1.82, 2.24) is 0 Å². The van der Waals surface area contributed by atoms with Crippen LogP contribution in [0.25, 0.3) is 0 Å². The lowest BCUT2D eigenvalue weighted by molar-refractivity contribution is -0.684. The monoisotopic (exact) mass is 322 g/mol. The maximum absolute atomic E-state index is 11.5. The van der Waals surface area contributed by atoms with Crippen LogP contribution in [0, 0.1) is 0 Å². The highest BCUT2D eigenvalue weighted by atomic mass is 35.5. The number of aliphatic hydroxyl groups is 1. The molecule has 0 unspecified atom stereocenters. The molecule has 4 heteroatoms. The predicted octanol–water partition coefficient (Wildman–Crippen LogP) is 2.96. The van der Waals surface area contributed by atoms with Crippen molar-refractivity contribution in [2.75, 3.05) is 6.54 Å². The van der Waals surface area contributed by atoms with Gasteiger partial charge in [-0.25, -0.2) is 0 Å². The van der Waals surface area contributed by atoms with Crippen LogP contribution in [0.4, 0.5) is 0 Å². The van der Waals surface area contributed by atoms with Crippen LogP contribution in [0.2, 0.25) is 10.0 Å². The summed E-state index contributed by atoms with van der Waals surface area (Å²) in [6, 6.07) is 15.0. The highest BCUT2D eigenvalue weighted by Gasteiger charge is 2.44. The fourth-order valence-corrected chi connectivity index (χ4v) is 3.41. The van der Waals surface area contributed by atoms with E-state index >= 15 is 0 Å². The van der Waals surface area contributed by atoms with Gasteiger partial charge in [0, 0.05) is 22.9 Å². The van der Waals surface area contributed by atoms with E-state index in [0.29, 0.717) is 10.0 Å². The molecule has 2 aromatic carbocycles. The maximum Gasteiger partial charge on any atom is 0.166 e. The second-order valence-electron chi connectivity index (χ2n) is 5.55. The van der Waals surface area contributed by atoms with E-state index in [4.69, 9.17) is 23.2 Å². The normalized spacial score (nSPS) is 18.9. The Hall–Kier alpha value is -1.06. The number of benzene rings is 2. The molecule has 21 heavy (non-hydrogen) atoms. The molecule has 0 aromatic heterocycles. The molecule has 1 saturated heterocycles. The van der Waals surface area contributed by atoms with Crippen LogP contribution in [-0.4, -0.2) is 17.7 Å². The largest absolute Gasteiger partial charge is 0.374 e. The Bertz CT molecular complexity index is 558. The van der Waals surface area contributed by atoms with Gasteiger partial charge in [0.25, 0.3) is 0 Å². The van der Waals surface area contributed by atoms with Crippen LogP contribution < -0.4 is 5.32 Å².